The van der Waals surface area contributed by atoms with Crippen molar-refractivity contribution in [2.45, 2.75) is 38.8 Å². The largest absolute Gasteiger partial charge is 0.393 e. The van der Waals surface area contributed by atoms with Gasteiger partial charge < -0.3 is 15.3 Å². The molecule has 0 radical (unpaired) electrons. The van der Waals surface area contributed by atoms with Crippen LogP contribution in [0, 0.1) is 5.92 Å². The Labute approximate surface area is 141 Å². The van der Waals surface area contributed by atoms with E-state index in [9.17, 15) is 5.11 Å². The molecule has 2 rings (SSSR count). The van der Waals surface area contributed by atoms with Gasteiger partial charge in [-0.25, -0.2) is 0 Å². The van der Waals surface area contributed by atoms with Crippen LogP contribution in [0.2, 0.25) is 0 Å². The second kappa shape index (κ2) is 8.53. The fourth-order valence-electron chi connectivity index (χ4n) is 2.84. The van der Waals surface area contributed by atoms with E-state index in [4.69, 9.17) is 4.99 Å². The number of aliphatic hydroxyl groups excluding tert-OH is 1. The Kier molecular flexibility index (Phi) is 6.70. The van der Waals surface area contributed by atoms with Crippen LogP contribution in [-0.4, -0.2) is 42.2 Å². The molecule has 22 heavy (non-hydrogen) atoms. The van der Waals surface area contributed by atoms with Gasteiger partial charge in [0.2, 0.25) is 0 Å². The molecule has 0 spiro atoms. The van der Waals surface area contributed by atoms with Gasteiger partial charge in [0.15, 0.2) is 5.96 Å². The van der Waals surface area contributed by atoms with Crippen molar-refractivity contribution in [2.75, 3.05) is 20.1 Å². The quantitative estimate of drug-likeness (QED) is 0.621. The molecule has 1 aromatic carbocycles. The number of hydrogen-bond donors (Lipinski definition) is 2. The summed E-state index contributed by atoms with van der Waals surface area (Å²) in [6.45, 7) is 4.44. The first-order valence-corrected chi connectivity index (χ1v) is 8.81. The number of benzene rings is 1. The highest BCUT2D eigenvalue weighted by Gasteiger charge is 2.24. The summed E-state index contributed by atoms with van der Waals surface area (Å²) < 4.78 is 1.09. The van der Waals surface area contributed by atoms with Crippen LogP contribution >= 0.6 is 15.9 Å². The normalized spacial score (nSPS) is 21.9. The molecule has 0 aromatic heterocycles. The van der Waals surface area contributed by atoms with Crippen molar-refractivity contribution in [3.63, 3.8) is 0 Å². The van der Waals surface area contributed by atoms with Crippen LogP contribution in [-0.2, 0) is 6.54 Å². The Morgan fingerprint density at radius 2 is 2.09 bits per heavy atom. The van der Waals surface area contributed by atoms with Crippen molar-refractivity contribution in [3.8, 4) is 0 Å². The van der Waals surface area contributed by atoms with Gasteiger partial charge in [-0.1, -0.05) is 34.5 Å². The number of hydrogen-bond acceptors (Lipinski definition) is 2. The lowest BCUT2D eigenvalue weighted by Crippen LogP contribution is -2.39. The average Bonchev–Trinajstić information content (AvgIpc) is 2.91. The summed E-state index contributed by atoms with van der Waals surface area (Å²) in [6.07, 6.45) is 2.95. The van der Waals surface area contributed by atoms with E-state index in [0.717, 1.165) is 42.8 Å². The topological polar surface area (TPSA) is 47.9 Å². The minimum absolute atomic E-state index is 0.177. The molecule has 2 N–H and O–H groups in total. The molecule has 1 saturated carbocycles. The highest BCUT2D eigenvalue weighted by atomic mass is 79.9. The molecular weight excluding hydrogens is 342 g/mol. The molecule has 1 aliphatic rings. The van der Waals surface area contributed by atoms with Gasteiger partial charge >= 0.3 is 0 Å². The predicted octanol–water partition coefficient (Wildman–Crippen LogP) is 3.01. The summed E-state index contributed by atoms with van der Waals surface area (Å²) >= 11 is 3.46. The number of rotatable bonds is 5. The van der Waals surface area contributed by atoms with Crippen molar-refractivity contribution in [1.29, 1.82) is 0 Å². The standard InChI is InChI=1S/C17H26BrN3O/c1-3-19-17(20-11-14-5-4-6-16(14)22)21(2)12-13-7-9-15(18)10-8-13/h7-10,14,16,22H,3-6,11-12H2,1-2H3,(H,19,20). The maximum Gasteiger partial charge on any atom is 0.193 e. The minimum Gasteiger partial charge on any atom is -0.393 e. The average molecular weight is 368 g/mol. The lowest BCUT2D eigenvalue weighted by molar-refractivity contribution is 0.136. The summed E-state index contributed by atoms with van der Waals surface area (Å²) in [4.78, 5) is 6.85. The third-order valence-electron chi connectivity index (χ3n) is 4.12. The number of halogens is 1. The van der Waals surface area contributed by atoms with Crippen molar-refractivity contribution in [1.82, 2.24) is 10.2 Å². The van der Waals surface area contributed by atoms with Crippen LogP contribution in [0.3, 0.4) is 0 Å². The van der Waals surface area contributed by atoms with Gasteiger partial charge in [0, 0.05) is 37.1 Å². The smallest absolute Gasteiger partial charge is 0.193 e. The van der Waals surface area contributed by atoms with E-state index in [-0.39, 0.29) is 6.10 Å². The fourth-order valence-corrected chi connectivity index (χ4v) is 3.11. The summed E-state index contributed by atoms with van der Waals surface area (Å²) in [5.74, 6) is 1.22. The number of nitrogens with one attached hydrogen (secondary N) is 1. The molecule has 2 unspecified atom stereocenters. The predicted molar refractivity (Wildman–Crippen MR) is 94.9 cm³/mol. The van der Waals surface area contributed by atoms with Crippen LogP contribution in [0.25, 0.3) is 0 Å². The van der Waals surface area contributed by atoms with E-state index in [1.807, 2.05) is 0 Å². The summed E-state index contributed by atoms with van der Waals surface area (Å²) in [5, 5.41) is 13.3. The Bertz CT molecular complexity index is 489. The van der Waals surface area contributed by atoms with Gasteiger partial charge in [-0.05, 0) is 37.5 Å². The molecule has 1 fully saturated rings. The Hall–Kier alpha value is -1.07. The van der Waals surface area contributed by atoms with Gasteiger partial charge in [0.1, 0.15) is 0 Å². The fraction of sp³-hybridized carbons (Fsp3) is 0.588. The molecule has 4 nitrogen and oxygen atoms in total. The van der Waals surface area contributed by atoms with E-state index in [0.29, 0.717) is 12.5 Å². The molecule has 2 atom stereocenters. The van der Waals surface area contributed by atoms with E-state index >= 15 is 0 Å². The van der Waals surface area contributed by atoms with Crippen molar-refractivity contribution in [2.24, 2.45) is 10.9 Å². The minimum atomic E-state index is -0.177. The lowest BCUT2D eigenvalue weighted by atomic mass is 10.1. The van der Waals surface area contributed by atoms with Gasteiger partial charge in [-0.3, -0.25) is 4.99 Å². The molecule has 0 saturated heterocycles. The highest BCUT2D eigenvalue weighted by molar-refractivity contribution is 9.10. The summed E-state index contributed by atoms with van der Waals surface area (Å²) in [5.41, 5.74) is 1.25. The third-order valence-corrected chi connectivity index (χ3v) is 4.65. The molecule has 122 valence electrons. The molecular formula is C17H26BrN3O. The Morgan fingerprint density at radius 3 is 2.68 bits per heavy atom. The van der Waals surface area contributed by atoms with Crippen LogP contribution in [0.1, 0.15) is 31.7 Å². The SMILES string of the molecule is CCNC(=NCC1CCCC1O)N(C)Cc1ccc(Br)cc1. The first-order valence-electron chi connectivity index (χ1n) is 8.02. The van der Waals surface area contributed by atoms with Gasteiger partial charge in [-0.2, -0.15) is 0 Å². The zero-order valence-electron chi connectivity index (χ0n) is 13.4. The molecule has 1 aromatic rings. The summed E-state index contributed by atoms with van der Waals surface area (Å²) in [6, 6.07) is 8.35. The lowest BCUT2D eigenvalue weighted by Gasteiger charge is -2.23. The first kappa shape index (κ1) is 17.3. The van der Waals surface area contributed by atoms with Crippen molar-refractivity contribution >= 4 is 21.9 Å². The highest BCUT2D eigenvalue weighted by Crippen LogP contribution is 2.25. The van der Waals surface area contributed by atoms with Crippen LogP contribution in [0.4, 0.5) is 0 Å². The molecule has 0 heterocycles. The molecule has 0 amide bonds. The maximum atomic E-state index is 9.92. The number of aliphatic hydroxyl groups is 1. The number of nitrogens with zero attached hydrogens (tertiary/aromatic N) is 2. The van der Waals surface area contributed by atoms with E-state index < -0.39 is 0 Å². The number of aliphatic imine (C=N–C) groups is 1. The van der Waals surface area contributed by atoms with Crippen molar-refractivity contribution < 1.29 is 5.11 Å². The Morgan fingerprint density at radius 1 is 1.36 bits per heavy atom. The van der Waals surface area contributed by atoms with Gasteiger partial charge in [0.05, 0.1) is 6.10 Å². The number of guanidine groups is 1. The van der Waals surface area contributed by atoms with Crippen LogP contribution < -0.4 is 5.32 Å². The van der Waals surface area contributed by atoms with Gasteiger partial charge in [0.25, 0.3) is 0 Å². The van der Waals surface area contributed by atoms with E-state index in [2.05, 4.69) is 64.4 Å². The molecule has 5 heteroatoms. The Balaban J connectivity index is 1.97. The summed E-state index contributed by atoms with van der Waals surface area (Å²) in [7, 11) is 2.05. The van der Waals surface area contributed by atoms with Crippen LogP contribution in [0.5, 0.6) is 0 Å². The zero-order valence-corrected chi connectivity index (χ0v) is 15.0. The molecule has 1 aliphatic carbocycles. The monoisotopic (exact) mass is 367 g/mol. The third kappa shape index (κ3) is 4.99. The molecule has 0 aliphatic heterocycles. The van der Waals surface area contributed by atoms with E-state index in [1.165, 1.54) is 5.56 Å². The van der Waals surface area contributed by atoms with Crippen molar-refractivity contribution in [3.05, 3.63) is 34.3 Å². The zero-order chi connectivity index (χ0) is 15.9. The van der Waals surface area contributed by atoms with Gasteiger partial charge in [-0.15, -0.1) is 0 Å². The van der Waals surface area contributed by atoms with Crippen LogP contribution in [0.15, 0.2) is 33.7 Å². The first-order chi connectivity index (χ1) is 10.6. The van der Waals surface area contributed by atoms with E-state index in [1.54, 1.807) is 0 Å². The second-order valence-electron chi connectivity index (χ2n) is 5.94. The molecule has 0 bridgehead atoms. The second-order valence-corrected chi connectivity index (χ2v) is 6.85. The maximum absolute atomic E-state index is 9.92.